The highest BCUT2D eigenvalue weighted by molar-refractivity contribution is 9.10. The molecule has 0 aliphatic carbocycles. The van der Waals surface area contributed by atoms with Gasteiger partial charge in [0.2, 0.25) is 5.90 Å². The number of benzene rings is 3. The lowest BCUT2D eigenvalue weighted by molar-refractivity contribution is -0.274. The van der Waals surface area contributed by atoms with Gasteiger partial charge >= 0.3 is 6.36 Å². The van der Waals surface area contributed by atoms with Gasteiger partial charge in [0.05, 0.1) is 6.61 Å². The number of nitrogens with zero attached hydrogens (tertiary/aromatic N) is 1. The Balaban J connectivity index is 1.56. The van der Waals surface area contributed by atoms with E-state index in [9.17, 15) is 18.0 Å². The lowest BCUT2D eigenvalue weighted by Crippen LogP contribution is -2.52. The molecular formula is C30H29BrF3N3O5. The molecule has 4 rings (SSSR count). The Bertz CT molecular complexity index is 1400. The summed E-state index contributed by atoms with van der Waals surface area (Å²) in [4.78, 5) is 18.6. The average molecular weight is 648 g/mol. The van der Waals surface area contributed by atoms with Crippen LogP contribution in [0.4, 0.5) is 13.2 Å². The second-order valence-electron chi connectivity index (χ2n) is 9.30. The van der Waals surface area contributed by atoms with Gasteiger partial charge in [0.25, 0.3) is 5.91 Å². The van der Waals surface area contributed by atoms with Gasteiger partial charge in [0, 0.05) is 41.6 Å². The molecule has 8 nitrogen and oxygen atoms in total. The van der Waals surface area contributed by atoms with Gasteiger partial charge in [-0.05, 0) is 48.0 Å². The number of carbonyl (C=O) groups excluding carboxylic acids is 1. The van der Waals surface area contributed by atoms with Crippen molar-refractivity contribution in [3.8, 4) is 11.5 Å². The number of halogens is 4. The van der Waals surface area contributed by atoms with Gasteiger partial charge in [0.1, 0.15) is 11.5 Å². The predicted molar refractivity (Wildman–Crippen MR) is 154 cm³/mol. The number of amides is 1. The van der Waals surface area contributed by atoms with E-state index in [1.54, 1.807) is 30.3 Å². The average Bonchev–Trinajstić information content (AvgIpc) is 3.34. The van der Waals surface area contributed by atoms with E-state index in [2.05, 4.69) is 38.1 Å². The fourth-order valence-electron chi connectivity index (χ4n) is 4.34. The molecule has 42 heavy (non-hydrogen) atoms. The molecule has 2 atom stereocenters. The lowest BCUT2D eigenvalue weighted by atomic mass is 9.84. The lowest BCUT2D eigenvalue weighted by Gasteiger charge is -2.30. The van der Waals surface area contributed by atoms with E-state index in [1.807, 2.05) is 24.3 Å². The monoisotopic (exact) mass is 647 g/mol. The molecule has 3 aromatic carbocycles. The first-order valence-electron chi connectivity index (χ1n) is 13.0. The Morgan fingerprint density at radius 2 is 1.79 bits per heavy atom. The highest BCUT2D eigenvalue weighted by Gasteiger charge is 2.53. The number of aliphatic hydroxyl groups excluding tert-OH is 1. The maximum Gasteiger partial charge on any atom is 0.573 e. The Morgan fingerprint density at radius 1 is 1.10 bits per heavy atom. The molecule has 0 saturated carbocycles. The highest BCUT2D eigenvalue weighted by Crippen LogP contribution is 2.44. The van der Waals surface area contributed by atoms with Crippen molar-refractivity contribution in [3.63, 3.8) is 0 Å². The number of nitrogens with one attached hydrogen (secondary N) is 2. The molecule has 0 aromatic heterocycles. The number of hydrazine groups is 1. The van der Waals surface area contributed by atoms with Crippen molar-refractivity contribution in [1.29, 1.82) is 0 Å². The summed E-state index contributed by atoms with van der Waals surface area (Å²) in [6, 6.07) is 19.7. The summed E-state index contributed by atoms with van der Waals surface area (Å²) < 4.78 is 53.9. The molecule has 1 aliphatic heterocycles. The van der Waals surface area contributed by atoms with Gasteiger partial charge in [-0.3, -0.25) is 10.2 Å². The third-order valence-electron chi connectivity index (χ3n) is 6.32. The minimum atomic E-state index is -4.78. The van der Waals surface area contributed by atoms with Crippen molar-refractivity contribution in [2.45, 2.75) is 37.4 Å². The zero-order valence-electron chi connectivity index (χ0n) is 22.4. The zero-order valence-corrected chi connectivity index (χ0v) is 24.0. The van der Waals surface area contributed by atoms with Crippen LogP contribution in [0, 0.1) is 0 Å². The highest BCUT2D eigenvalue weighted by atomic mass is 79.9. The number of hydrogen-bond donors (Lipinski definition) is 3. The van der Waals surface area contributed by atoms with E-state index in [-0.39, 0.29) is 31.2 Å². The van der Waals surface area contributed by atoms with E-state index >= 15 is 0 Å². The van der Waals surface area contributed by atoms with E-state index in [0.717, 1.165) is 4.47 Å². The van der Waals surface area contributed by atoms with Crippen LogP contribution in [0.1, 0.15) is 35.6 Å². The quantitative estimate of drug-likeness (QED) is 0.124. The molecular weight excluding hydrogens is 619 g/mol. The third kappa shape index (κ3) is 7.69. The van der Waals surface area contributed by atoms with Crippen molar-refractivity contribution in [3.05, 3.63) is 107 Å². The van der Waals surface area contributed by atoms with Crippen molar-refractivity contribution in [2.24, 2.45) is 4.99 Å². The molecule has 222 valence electrons. The van der Waals surface area contributed by atoms with Crippen molar-refractivity contribution in [2.75, 3.05) is 13.2 Å². The topological polar surface area (TPSA) is 101 Å². The van der Waals surface area contributed by atoms with Crippen molar-refractivity contribution >= 4 is 27.7 Å². The first-order chi connectivity index (χ1) is 20.1. The van der Waals surface area contributed by atoms with Gasteiger partial charge in [-0.1, -0.05) is 52.3 Å². The summed E-state index contributed by atoms with van der Waals surface area (Å²) in [6.07, 6.45) is -3.35. The van der Waals surface area contributed by atoms with Crippen LogP contribution in [0.15, 0.2) is 94.9 Å². The molecule has 0 unspecified atom stereocenters. The van der Waals surface area contributed by atoms with Gasteiger partial charge in [-0.2, -0.15) is 0 Å². The molecule has 0 saturated heterocycles. The van der Waals surface area contributed by atoms with Gasteiger partial charge in [-0.25, -0.2) is 10.4 Å². The van der Waals surface area contributed by atoms with E-state index in [0.29, 0.717) is 35.5 Å². The molecule has 1 heterocycles. The molecule has 1 aliphatic rings. The Kier molecular flexibility index (Phi) is 10.3. The van der Waals surface area contributed by atoms with E-state index in [1.165, 1.54) is 24.3 Å². The number of carbonyl (C=O) groups is 1. The first-order valence-corrected chi connectivity index (χ1v) is 13.8. The summed E-state index contributed by atoms with van der Waals surface area (Å²) in [7, 11) is 0. The SMILES string of the molecule is C=CC[C@]1(C(=O)NNCc2ccc(OC(F)(F)F)cc2)N=C(c2ccc(OCCCO)cc2)O[C@H]1c1ccccc1Br. The van der Waals surface area contributed by atoms with Crippen LogP contribution in [0.25, 0.3) is 0 Å². The smallest absolute Gasteiger partial charge is 0.494 e. The largest absolute Gasteiger partial charge is 0.573 e. The second kappa shape index (κ2) is 13.9. The fourth-order valence-corrected chi connectivity index (χ4v) is 4.84. The maximum atomic E-state index is 13.8. The standard InChI is InChI=1S/C30H29BrF3N3O5/c1-2-16-29(28(39)37-35-19-20-8-12-23(13-9-20)42-30(32,33)34)26(24-6-3-4-7-25(24)31)41-27(36-29)21-10-14-22(15-11-21)40-18-5-17-38/h2-4,6-15,26,35,38H,1,5,16-19H2,(H,37,39)/t26-,29-/m0/s1. The summed E-state index contributed by atoms with van der Waals surface area (Å²) in [5.41, 5.74) is 6.04. The van der Waals surface area contributed by atoms with Crippen LogP contribution < -0.4 is 20.3 Å². The number of hydrogen-bond acceptors (Lipinski definition) is 7. The zero-order chi connectivity index (χ0) is 30.2. The predicted octanol–water partition coefficient (Wildman–Crippen LogP) is 5.76. The molecule has 3 N–H and O–H groups in total. The van der Waals surface area contributed by atoms with E-state index in [4.69, 9.17) is 19.6 Å². The Morgan fingerprint density at radius 3 is 2.43 bits per heavy atom. The normalized spacial score (nSPS) is 18.1. The van der Waals surface area contributed by atoms with Crippen LogP contribution in [0.2, 0.25) is 0 Å². The van der Waals surface area contributed by atoms with Crippen molar-refractivity contribution in [1.82, 2.24) is 10.9 Å². The van der Waals surface area contributed by atoms with Gasteiger partial charge in [0.15, 0.2) is 11.6 Å². The van der Waals surface area contributed by atoms with Crippen LogP contribution in [-0.4, -0.2) is 42.0 Å². The van der Waals surface area contributed by atoms with Crippen LogP contribution in [-0.2, 0) is 16.1 Å². The van der Waals surface area contributed by atoms with Crippen LogP contribution >= 0.6 is 15.9 Å². The van der Waals surface area contributed by atoms with Crippen molar-refractivity contribution < 1.29 is 37.3 Å². The van der Waals surface area contributed by atoms with Gasteiger partial charge in [-0.15, -0.1) is 19.8 Å². The number of aliphatic hydroxyl groups is 1. The Labute approximate surface area is 249 Å². The van der Waals surface area contributed by atoms with Crippen LogP contribution in [0.3, 0.4) is 0 Å². The molecule has 0 radical (unpaired) electrons. The number of alkyl halides is 3. The maximum absolute atomic E-state index is 13.8. The molecule has 12 heteroatoms. The molecule has 1 amide bonds. The van der Waals surface area contributed by atoms with Gasteiger partial charge < -0.3 is 19.3 Å². The fraction of sp³-hybridized carbons (Fsp3) is 0.267. The van der Waals surface area contributed by atoms with E-state index < -0.39 is 23.9 Å². The molecule has 0 fully saturated rings. The first kappa shape index (κ1) is 31.1. The number of rotatable bonds is 13. The summed E-state index contributed by atoms with van der Waals surface area (Å²) in [5.74, 6) is 0.0470. The molecule has 0 bridgehead atoms. The molecule has 0 spiro atoms. The summed E-state index contributed by atoms with van der Waals surface area (Å²) >= 11 is 3.56. The van der Waals surface area contributed by atoms with Crippen LogP contribution in [0.5, 0.6) is 11.5 Å². The Hall–Kier alpha value is -3.87. The molecule has 3 aromatic rings. The number of aliphatic imine (C=N–C) groups is 1. The number of ether oxygens (including phenoxy) is 3. The summed E-state index contributed by atoms with van der Waals surface area (Å²) in [5, 5.41) is 8.97. The second-order valence-corrected chi connectivity index (χ2v) is 10.2. The minimum absolute atomic E-state index is 0.0324. The summed E-state index contributed by atoms with van der Waals surface area (Å²) in [6.45, 7) is 4.37. The minimum Gasteiger partial charge on any atom is -0.494 e. The third-order valence-corrected chi connectivity index (χ3v) is 7.05.